The van der Waals surface area contributed by atoms with Gasteiger partial charge in [-0.3, -0.25) is 9.59 Å². The van der Waals surface area contributed by atoms with E-state index in [0.717, 1.165) is 38.5 Å². The third-order valence-corrected chi connectivity index (χ3v) is 7.72. The van der Waals surface area contributed by atoms with E-state index in [1.54, 1.807) is 11.3 Å². The maximum absolute atomic E-state index is 13.3. The molecule has 2 N–H and O–H groups in total. The Morgan fingerprint density at radius 1 is 1.37 bits per heavy atom. The second kappa shape index (κ2) is 7.92. The smallest absolute Gasteiger partial charge is 0.223 e. The first-order valence-corrected chi connectivity index (χ1v) is 10.9. The summed E-state index contributed by atoms with van der Waals surface area (Å²) in [6.07, 6.45) is 5.67. The number of rotatable bonds is 5. The lowest BCUT2D eigenvalue weighted by atomic mass is 9.67. The topological polar surface area (TPSA) is 69.6 Å². The standard InChI is InChI=1S/C21H32N2O3S/c1-15(24)22-14-16-13-20(2)18(8-4-5-11-21(20,3)26)23(16)19(25)10-9-17-7-6-12-27-17/h6-7,12,16,18,26H,4-5,8-11,13-14H2,1-3H3,(H,22,24)/t16-,18-,20-,21+/m1/s1. The van der Waals surface area contributed by atoms with Gasteiger partial charge in [-0.2, -0.15) is 0 Å². The first-order valence-electron chi connectivity index (χ1n) is 10.0. The Bertz CT molecular complexity index is 673. The lowest BCUT2D eigenvalue weighted by Crippen LogP contribution is -2.52. The molecule has 1 saturated heterocycles. The van der Waals surface area contributed by atoms with E-state index in [2.05, 4.69) is 18.3 Å². The molecule has 0 radical (unpaired) electrons. The molecule has 5 nitrogen and oxygen atoms in total. The molecule has 1 aromatic rings. The number of nitrogens with one attached hydrogen (secondary N) is 1. The van der Waals surface area contributed by atoms with E-state index in [1.165, 1.54) is 11.8 Å². The van der Waals surface area contributed by atoms with Crippen LogP contribution in [0.2, 0.25) is 0 Å². The molecule has 0 spiro atoms. The maximum atomic E-state index is 13.3. The molecule has 150 valence electrons. The number of fused-ring (bicyclic) bond motifs is 1. The van der Waals surface area contributed by atoms with Crippen LogP contribution in [0.25, 0.3) is 0 Å². The van der Waals surface area contributed by atoms with Crippen molar-refractivity contribution in [1.29, 1.82) is 0 Å². The number of aryl methyl sites for hydroxylation is 1. The van der Waals surface area contributed by atoms with Gasteiger partial charge in [0, 0.05) is 36.2 Å². The van der Waals surface area contributed by atoms with Crippen LogP contribution in [0.1, 0.15) is 64.2 Å². The second-order valence-electron chi connectivity index (χ2n) is 8.63. The van der Waals surface area contributed by atoms with Crippen molar-refractivity contribution in [2.75, 3.05) is 6.54 Å². The summed E-state index contributed by atoms with van der Waals surface area (Å²) in [5.74, 6) is 0.0650. The zero-order valence-corrected chi connectivity index (χ0v) is 17.5. The minimum atomic E-state index is -0.800. The molecule has 1 saturated carbocycles. The molecule has 2 amide bonds. The molecule has 2 fully saturated rings. The van der Waals surface area contributed by atoms with Crippen LogP contribution in [0.3, 0.4) is 0 Å². The van der Waals surface area contributed by atoms with E-state index in [-0.39, 0.29) is 29.3 Å². The predicted octanol–water partition coefficient (Wildman–Crippen LogP) is 3.12. The molecular formula is C21H32N2O3S. The van der Waals surface area contributed by atoms with Gasteiger partial charge in [-0.25, -0.2) is 0 Å². The Labute approximate surface area is 166 Å². The number of likely N-dealkylation sites (tertiary alicyclic amines) is 1. The minimum absolute atomic E-state index is 0.0320. The molecule has 0 aromatic carbocycles. The van der Waals surface area contributed by atoms with Gasteiger partial charge < -0.3 is 15.3 Å². The lowest BCUT2D eigenvalue weighted by molar-refractivity contribution is -0.137. The van der Waals surface area contributed by atoms with E-state index in [0.29, 0.717) is 13.0 Å². The Kier molecular flexibility index (Phi) is 5.96. The van der Waals surface area contributed by atoms with Gasteiger partial charge in [-0.1, -0.05) is 25.8 Å². The van der Waals surface area contributed by atoms with E-state index in [9.17, 15) is 14.7 Å². The predicted molar refractivity (Wildman–Crippen MR) is 108 cm³/mol. The normalized spacial score (nSPS) is 33.4. The van der Waals surface area contributed by atoms with Gasteiger partial charge in [0.2, 0.25) is 11.8 Å². The zero-order valence-electron chi connectivity index (χ0n) is 16.7. The van der Waals surface area contributed by atoms with Crippen molar-refractivity contribution in [2.24, 2.45) is 5.41 Å². The van der Waals surface area contributed by atoms with Gasteiger partial charge in [-0.15, -0.1) is 11.3 Å². The molecule has 1 aromatic heterocycles. The van der Waals surface area contributed by atoms with Crippen molar-refractivity contribution in [3.63, 3.8) is 0 Å². The Morgan fingerprint density at radius 3 is 2.81 bits per heavy atom. The fourth-order valence-electron chi connectivity index (χ4n) is 5.04. The van der Waals surface area contributed by atoms with Crippen LogP contribution < -0.4 is 5.32 Å². The third kappa shape index (κ3) is 4.06. The molecule has 4 atom stereocenters. The third-order valence-electron chi connectivity index (χ3n) is 6.79. The molecule has 27 heavy (non-hydrogen) atoms. The van der Waals surface area contributed by atoms with E-state index < -0.39 is 5.60 Å². The van der Waals surface area contributed by atoms with Gasteiger partial charge in [0.15, 0.2) is 0 Å². The van der Waals surface area contributed by atoms with Crippen molar-refractivity contribution in [2.45, 2.75) is 83.4 Å². The number of thiophene rings is 1. The van der Waals surface area contributed by atoms with Crippen LogP contribution in [0.4, 0.5) is 0 Å². The fourth-order valence-corrected chi connectivity index (χ4v) is 5.75. The van der Waals surface area contributed by atoms with Crippen molar-refractivity contribution in [1.82, 2.24) is 10.2 Å². The van der Waals surface area contributed by atoms with Crippen LogP contribution >= 0.6 is 11.3 Å². The van der Waals surface area contributed by atoms with Crippen molar-refractivity contribution >= 4 is 23.2 Å². The molecular weight excluding hydrogens is 360 g/mol. The lowest BCUT2D eigenvalue weighted by Gasteiger charge is -2.44. The molecule has 2 aliphatic rings. The van der Waals surface area contributed by atoms with Crippen molar-refractivity contribution in [3.05, 3.63) is 22.4 Å². The van der Waals surface area contributed by atoms with E-state index >= 15 is 0 Å². The molecule has 1 aliphatic carbocycles. The van der Waals surface area contributed by atoms with Crippen molar-refractivity contribution in [3.8, 4) is 0 Å². The summed E-state index contributed by atoms with van der Waals surface area (Å²) in [5.41, 5.74) is -1.14. The number of carbonyl (C=O) groups excluding carboxylic acids is 2. The van der Waals surface area contributed by atoms with Gasteiger partial charge in [0.25, 0.3) is 0 Å². The van der Waals surface area contributed by atoms with Gasteiger partial charge in [0.05, 0.1) is 11.6 Å². The van der Waals surface area contributed by atoms with Crippen LogP contribution in [0.15, 0.2) is 17.5 Å². The number of nitrogens with zero attached hydrogens (tertiary/aromatic N) is 1. The Balaban J connectivity index is 1.83. The summed E-state index contributed by atoms with van der Waals surface area (Å²) in [4.78, 5) is 28.0. The van der Waals surface area contributed by atoms with Crippen LogP contribution in [0, 0.1) is 5.41 Å². The summed E-state index contributed by atoms with van der Waals surface area (Å²) in [6.45, 7) is 6.03. The highest BCUT2D eigenvalue weighted by Gasteiger charge is 2.59. The summed E-state index contributed by atoms with van der Waals surface area (Å²) in [5, 5.41) is 16.2. The maximum Gasteiger partial charge on any atom is 0.223 e. The highest BCUT2D eigenvalue weighted by molar-refractivity contribution is 7.09. The molecule has 0 bridgehead atoms. The van der Waals surface area contributed by atoms with Crippen LogP contribution in [-0.2, 0) is 16.0 Å². The minimum Gasteiger partial charge on any atom is -0.390 e. The largest absolute Gasteiger partial charge is 0.390 e. The van der Waals surface area contributed by atoms with Crippen molar-refractivity contribution < 1.29 is 14.7 Å². The summed E-state index contributed by atoms with van der Waals surface area (Å²) in [7, 11) is 0. The average molecular weight is 393 g/mol. The quantitative estimate of drug-likeness (QED) is 0.809. The second-order valence-corrected chi connectivity index (χ2v) is 9.66. The first-order chi connectivity index (χ1) is 12.7. The molecule has 0 unspecified atom stereocenters. The Hall–Kier alpha value is -1.40. The highest BCUT2D eigenvalue weighted by Crippen LogP contribution is 2.53. The van der Waals surface area contributed by atoms with Gasteiger partial charge >= 0.3 is 0 Å². The summed E-state index contributed by atoms with van der Waals surface area (Å²) in [6, 6.07) is 4.06. The molecule has 2 heterocycles. The summed E-state index contributed by atoms with van der Waals surface area (Å²) < 4.78 is 0. The monoisotopic (exact) mass is 392 g/mol. The van der Waals surface area contributed by atoms with Gasteiger partial charge in [0.1, 0.15) is 0 Å². The molecule has 3 rings (SSSR count). The van der Waals surface area contributed by atoms with E-state index in [1.807, 2.05) is 23.3 Å². The summed E-state index contributed by atoms with van der Waals surface area (Å²) >= 11 is 1.68. The number of hydrogen-bond donors (Lipinski definition) is 2. The number of carbonyl (C=O) groups is 2. The SMILES string of the molecule is CC(=O)NC[C@H]1C[C@]2(C)[C@@H](CCCC[C@]2(C)O)N1C(=O)CCc1cccs1. The highest BCUT2D eigenvalue weighted by atomic mass is 32.1. The molecule has 1 aliphatic heterocycles. The fraction of sp³-hybridized carbons (Fsp3) is 0.714. The van der Waals surface area contributed by atoms with Crippen LogP contribution in [-0.4, -0.2) is 46.1 Å². The number of aliphatic hydroxyl groups is 1. The van der Waals surface area contributed by atoms with Crippen LogP contribution in [0.5, 0.6) is 0 Å². The number of amides is 2. The number of hydrogen-bond acceptors (Lipinski definition) is 4. The van der Waals surface area contributed by atoms with Gasteiger partial charge in [-0.05, 0) is 44.1 Å². The van der Waals surface area contributed by atoms with E-state index in [4.69, 9.17) is 0 Å². The average Bonchev–Trinajstić information content (AvgIpc) is 3.19. The first kappa shape index (κ1) is 20.3. The zero-order chi connectivity index (χ0) is 19.7. The molecule has 6 heteroatoms. The Morgan fingerprint density at radius 2 is 2.15 bits per heavy atom.